The maximum absolute atomic E-state index is 11.8. The molecule has 7 nitrogen and oxygen atoms in total. The Labute approximate surface area is 97.1 Å². The first-order valence-electron chi connectivity index (χ1n) is 4.79. The van der Waals surface area contributed by atoms with Gasteiger partial charge in [0.1, 0.15) is 0 Å². The lowest BCUT2D eigenvalue weighted by Crippen LogP contribution is -2.56. The summed E-state index contributed by atoms with van der Waals surface area (Å²) in [6, 6.07) is -0.730. The Balaban J connectivity index is 2.14. The molecule has 90 valence electrons. The zero-order chi connectivity index (χ0) is 11.6. The average molecular weight is 269 g/mol. The van der Waals surface area contributed by atoms with Crippen LogP contribution in [0.3, 0.4) is 0 Å². The minimum absolute atomic E-state index is 0.0953. The predicted octanol–water partition coefficient (Wildman–Crippen LogP) is 0.0281. The molecule has 0 aromatic carbocycles. The van der Waals surface area contributed by atoms with Gasteiger partial charge in [0.15, 0.2) is 5.72 Å². The minimum atomic E-state index is -4.21. The average Bonchev–Trinajstić information content (AvgIpc) is 2.42. The number of hydroxylamine groups is 2. The van der Waals surface area contributed by atoms with Crippen molar-refractivity contribution in [1.29, 1.82) is 0 Å². The fourth-order valence-corrected chi connectivity index (χ4v) is 3.78. The number of rotatable bonds is 1. The topological polar surface area (TPSA) is 76.1 Å². The van der Waals surface area contributed by atoms with E-state index in [4.69, 9.17) is 15.8 Å². The normalized spacial score (nSPS) is 40.3. The number of hydrogen-bond donors (Lipinski definition) is 0. The van der Waals surface area contributed by atoms with Gasteiger partial charge in [0, 0.05) is 13.0 Å². The Bertz CT molecular complexity index is 454. The van der Waals surface area contributed by atoms with E-state index in [1.165, 1.54) is 4.90 Å². The highest BCUT2D eigenvalue weighted by atomic mass is 35.5. The number of halogens is 1. The van der Waals surface area contributed by atoms with E-state index in [-0.39, 0.29) is 11.9 Å². The highest BCUT2D eigenvalue weighted by molar-refractivity contribution is 7.81. The van der Waals surface area contributed by atoms with Gasteiger partial charge < -0.3 is 0 Å². The molecule has 0 unspecified atom stereocenters. The smallest absolute Gasteiger partial charge is 0.290 e. The standard InChI is InChI=1S/C7H9ClN2O5S/c8-4-7-2-1-5-3-9(7)6(11)10(5)15-16(12,13)14-7/h5H,1-4H2/t5-,7+/m1/s1. The molecule has 3 rings (SSSR count). The van der Waals surface area contributed by atoms with Crippen molar-refractivity contribution in [1.82, 2.24) is 9.96 Å². The third-order valence-corrected chi connectivity index (χ3v) is 4.42. The zero-order valence-electron chi connectivity index (χ0n) is 8.13. The number of hydrogen-bond acceptors (Lipinski definition) is 5. The molecule has 0 aliphatic carbocycles. The predicted molar refractivity (Wildman–Crippen MR) is 51.5 cm³/mol. The third kappa shape index (κ3) is 1.21. The summed E-state index contributed by atoms with van der Waals surface area (Å²) < 4.78 is 32.4. The largest absolute Gasteiger partial charge is 0.423 e. The lowest BCUT2D eigenvalue weighted by molar-refractivity contribution is -0.0976. The second kappa shape index (κ2) is 3.00. The number of nitrogens with zero attached hydrogens (tertiary/aromatic N) is 2. The molecule has 2 atom stereocenters. The second-order valence-corrected chi connectivity index (χ2v) is 5.46. The molecule has 0 aromatic heterocycles. The van der Waals surface area contributed by atoms with E-state index < -0.39 is 22.2 Å². The Kier molecular flexibility index (Phi) is 1.99. The van der Waals surface area contributed by atoms with Gasteiger partial charge in [-0.25, -0.2) is 8.98 Å². The summed E-state index contributed by atoms with van der Waals surface area (Å²) in [5.41, 5.74) is -1.28. The number of fused-ring (bicyclic) bond motifs is 3. The lowest BCUT2D eigenvalue weighted by atomic mass is 9.99. The SMILES string of the molecule is O=C1N2OS(=O)(=O)O[C@]3(CCl)CC[C@@H]2CN13. The molecular weight excluding hydrogens is 260 g/mol. The Hall–Kier alpha value is -0.570. The fraction of sp³-hybridized carbons (Fsp3) is 0.857. The van der Waals surface area contributed by atoms with Crippen LogP contribution in [0.4, 0.5) is 4.79 Å². The number of carbonyl (C=O) groups is 1. The van der Waals surface area contributed by atoms with E-state index in [0.29, 0.717) is 19.4 Å². The summed E-state index contributed by atoms with van der Waals surface area (Å²) in [5, 5.41) is 0.872. The van der Waals surface area contributed by atoms with Gasteiger partial charge in [0.05, 0.1) is 11.9 Å². The van der Waals surface area contributed by atoms with E-state index in [9.17, 15) is 13.2 Å². The molecule has 3 heterocycles. The molecule has 9 heteroatoms. The molecular formula is C7H9ClN2O5S. The van der Waals surface area contributed by atoms with Crippen LogP contribution in [0, 0.1) is 0 Å². The number of amides is 2. The van der Waals surface area contributed by atoms with Crippen LogP contribution < -0.4 is 0 Å². The quantitative estimate of drug-likeness (QED) is 0.627. The van der Waals surface area contributed by atoms with Crippen LogP contribution in [-0.2, 0) is 18.9 Å². The van der Waals surface area contributed by atoms with Crippen LogP contribution in [-0.4, -0.2) is 48.6 Å². The Morgan fingerprint density at radius 2 is 2.31 bits per heavy atom. The van der Waals surface area contributed by atoms with Crippen LogP contribution in [0.15, 0.2) is 0 Å². The number of carbonyl (C=O) groups excluding carboxylic acids is 1. The van der Waals surface area contributed by atoms with Gasteiger partial charge in [-0.05, 0) is 6.42 Å². The van der Waals surface area contributed by atoms with Gasteiger partial charge in [-0.2, -0.15) is 13.5 Å². The number of alkyl halides is 1. The maximum Gasteiger partial charge on any atom is 0.423 e. The Morgan fingerprint density at radius 1 is 1.56 bits per heavy atom. The van der Waals surface area contributed by atoms with E-state index in [0.717, 1.165) is 5.06 Å². The van der Waals surface area contributed by atoms with E-state index in [1.54, 1.807) is 0 Å². The van der Waals surface area contributed by atoms with E-state index in [1.807, 2.05) is 0 Å². The summed E-state index contributed by atoms with van der Waals surface area (Å²) in [7, 11) is -4.21. The van der Waals surface area contributed by atoms with Crippen LogP contribution >= 0.6 is 11.6 Å². The number of urea groups is 1. The van der Waals surface area contributed by atoms with Crippen LogP contribution in [0.5, 0.6) is 0 Å². The lowest BCUT2D eigenvalue weighted by Gasteiger charge is -2.40. The van der Waals surface area contributed by atoms with Gasteiger partial charge in [0.2, 0.25) is 0 Å². The first kappa shape index (κ1) is 10.6. The molecule has 0 N–H and O–H groups in total. The van der Waals surface area contributed by atoms with Crippen molar-refractivity contribution in [2.75, 3.05) is 12.4 Å². The molecule has 3 fully saturated rings. The molecule has 0 radical (unpaired) electrons. The molecule has 2 amide bonds. The van der Waals surface area contributed by atoms with Gasteiger partial charge in [0.25, 0.3) is 0 Å². The van der Waals surface area contributed by atoms with Gasteiger partial charge in [-0.1, -0.05) is 0 Å². The molecule has 0 saturated carbocycles. The van der Waals surface area contributed by atoms with Crippen LogP contribution in [0.1, 0.15) is 12.8 Å². The molecule has 0 spiro atoms. The number of piperidine rings is 1. The molecule has 16 heavy (non-hydrogen) atoms. The second-order valence-electron chi connectivity index (χ2n) is 4.06. The molecule has 3 saturated heterocycles. The van der Waals surface area contributed by atoms with Gasteiger partial charge >= 0.3 is 16.4 Å². The van der Waals surface area contributed by atoms with Crippen molar-refractivity contribution in [3.63, 3.8) is 0 Å². The molecule has 3 aliphatic rings. The van der Waals surface area contributed by atoms with Crippen molar-refractivity contribution in [3.05, 3.63) is 0 Å². The van der Waals surface area contributed by atoms with Crippen molar-refractivity contribution in [3.8, 4) is 0 Å². The first-order chi connectivity index (χ1) is 7.47. The third-order valence-electron chi connectivity index (χ3n) is 3.14. The van der Waals surface area contributed by atoms with Crippen molar-refractivity contribution < 1.29 is 21.7 Å². The van der Waals surface area contributed by atoms with E-state index in [2.05, 4.69) is 4.28 Å². The fourth-order valence-electron chi connectivity index (χ4n) is 2.36. The zero-order valence-corrected chi connectivity index (χ0v) is 9.70. The monoisotopic (exact) mass is 268 g/mol. The summed E-state index contributed by atoms with van der Waals surface area (Å²) >= 11 is 5.76. The van der Waals surface area contributed by atoms with Crippen LogP contribution in [0.25, 0.3) is 0 Å². The van der Waals surface area contributed by atoms with E-state index >= 15 is 0 Å². The van der Waals surface area contributed by atoms with Gasteiger partial charge in [-0.3, -0.25) is 4.90 Å². The summed E-state index contributed by atoms with van der Waals surface area (Å²) in [6.45, 7) is 0.390. The summed E-state index contributed by atoms with van der Waals surface area (Å²) in [5.74, 6) is -0.0953. The maximum atomic E-state index is 11.8. The summed E-state index contributed by atoms with van der Waals surface area (Å²) in [4.78, 5) is 13.2. The first-order valence-corrected chi connectivity index (χ1v) is 6.66. The Morgan fingerprint density at radius 3 is 3.00 bits per heavy atom. The van der Waals surface area contributed by atoms with Crippen molar-refractivity contribution >= 4 is 28.0 Å². The van der Waals surface area contributed by atoms with Crippen molar-refractivity contribution in [2.45, 2.75) is 24.6 Å². The van der Waals surface area contributed by atoms with Crippen molar-refractivity contribution in [2.24, 2.45) is 0 Å². The summed E-state index contributed by atoms with van der Waals surface area (Å²) in [6.07, 6.45) is 1.01. The minimum Gasteiger partial charge on any atom is -0.290 e. The molecule has 0 aromatic rings. The van der Waals surface area contributed by atoms with Crippen LogP contribution in [0.2, 0.25) is 0 Å². The highest BCUT2D eigenvalue weighted by Gasteiger charge is 2.60. The molecule has 3 bridgehead atoms. The highest BCUT2D eigenvalue weighted by Crippen LogP contribution is 2.42. The van der Waals surface area contributed by atoms with Gasteiger partial charge in [-0.15, -0.1) is 15.9 Å². The molecule has 3 aliphatic heterocycles.